The quantitative estimate of drug-likeness (QED) is 0.0464. The van der Waals surface area contributed by atoms with E-state index in [1.165, 1.54) is 35.1 Å². The number of hydrogen-bond donors (Lipinski definition) is 4. The number of rotatable bonds is 27. The molecule has 1 rings (SSSR count). The summed E-state index contributed by atoms with van der Waals surface area (Å²) in [6.45, 7) is 1.74. The number of nitrogens with one attached hydrogen (secondary N) is 3. The van der Waals surface area contributed by atoms with Gasteiger partial charge in [0.05, 0.1) is 7.11 Å². The molecule has 1 aromatic heterocycles. The van der Waals surface area contributed by atoms with Crippen molar-refractivity contribution in [1.29, 1.82) is 0 Å². The number of aliphatic imine (C=N–C) groups is 1. The highest BCUT2D eigenvalue weighted by Crippen LogP contribution is 2.29. The Balaban J connectivity index is 2.02. The van der Waals surface area contributed by atoms with E-state index in [0.29, 0.717) is 50.4 Å². The number of ether oxygens (including phenoxy) is 1. The molecule has 43 heavy (non-hydrogen) atoms. The predicted octanol–water partition coefficient (Wildman–Crippen LogP) is 3.98. The minimum absolute atomic E-state index is 0.0131. The highest BCUT2D eigenvalue weighted by Gasteiger charge is 2.17. The average Bonchev–Trinajstić information content (AvgIpc) is 3.00. The Bertz CT molecular complexity index is 945. The number of primary amides is 1. The van der Waals surface area contributed by atoms with E-state index >= 15 is 0 Å². The van der Waals surface area contributed by atoms with Gasteiger partial charge >= 0.3 is 0 Å². The number of amides is 4. The van der Waals surface area contributed by atoms with Crippen LogP contribution in [0.2, 0.25) is 0 Å². The highest BCUT2D eigenvalue weighted by molar-refractivity contribution is 8.77. The van der Waals surface area contributed by atoms with Crippen LogP contribution in [0.1, 0.15) is 64.2 Å². The van der Waals surface area contributed by atoms with E-state index in [9.17, 15) is 19.2 Å². The van der Waals surface area contributed by atoms with Crippen LogP contribution in [-0.4, -0.2) is 85.1 Å². The van der Waals surface area contributed by atoms with Crippen LogP contribution in [0.5, 0.6) is 0 Å². The SMILES string of the molecule is COC=NC(CSSCCC(=O)NCCCCNC(=O)CCSSc1ccccn1)C(=O)NCCCCCCCC(N)=O. The zero-order valence-corrected chi connectivity index (χ0v) is 28.2. The fourth-order valence-corrected chi connectivity index (χ4v) is 7.42. The maximum absolute atomic E-state index is 12.5. The number of pyridine rings is 1. The monoisotopic (exact) mass is 674 g/mol. The third-order valence-corrected chi connectivity index (χ3v) is 10.4. The molecule has 0 aliphatic carbocycles. The van der Waals surface area contributed by atoms with Crippen LogP contribution in [0.25, 0.3) is 0 Å². The topological polar surface area (TPSA) is 165 Å². The number of unbranched alkanes of at least 4 members (excludes halogenated alkanes) is 5. The van der Waals surface area contributed by atoms with Crippen LogP contribution in [0, 0.1) is 0 Å². The summed E-state index contributed by atoms with van der Waals surface area (Å²) in [6, 6.07) is 5.19. The summed E-state index contributed by atoms with van der Waals surface area (Å²) in [5.41, 5.74) is 5.14. The molecule has 0 spiro atoms. The molecule has 1 atom stereocenters. The van der Waals surface area contributed by atoms with Crippen molar-refractivity contribution >= 4 is 73.2 Å². The molecule has 1 unspecified atom stereocenters. The second-order valence-electron chi connectivity index (χ2n) is 9.37. The number of methoxy groups -OCH3 is 1. The molecule has 4 amide bonds. The fraction of sp³-hybridized carbons (Fsp3) is 0.643. The van der Waals surface area contributed by atoms with Crippen molar-refractivity contribution in [3.05, 3.63) is 24.4 Å². The van der Waals surface area contributed by atoms with Gasteiger partial charge in [-0.3, -0.25) is 19.2 Å². The van der Waals surface area contributed by atoms with Gasteiger partial charge in [-0.05, 0) is 48.6 Å². The van der Waals surface area contributed by atoms with Crippen LogP contribution < -0.4 is 21.7 Å². The number of carbonyl (C=O) groups is 4. The first-order valence-corrected chi connectivity index (χ1v) is 19.3. The number of nitrogens with two attached hydrogens (primary N) is 1. The number of aromatic nitrogens is 1. The Kier molecular flexibility index (Phi) is 24.8. The molecule has 0 aliphatic heterocycles. The van der Waals surface area contributed by atoms with E-state index in [0.717, 1.165) is 55.7 Å². The lowest BCUT2D eigenvalue weighted by atomic mass is 10.1. The van der Waals surface area contributed by atoms with E-state index < -0.39 is 6.04 Å². The third-order valence-electron chi connectivity index (χ3n) is 5.71. The Morgan fingerprint density at radius 2 is 1.49 bits per heavy atom. The van der Waals surface area contributed by atoms with Gasteiger partial charge in [-0.25, -0.2) is 9.98 Å². The first-order chi connectivity index (χ1) is 20.9. The number of hydrogen-bond acceptors (Lipinski definition) is 11. The molecule has 0 saturated heterocycles. The van der Waals surface area contributed by atoms with Crippen molar-refractivity contribution in [3.63, 3.8) is 0 Å². The van der Waals surface area contributed by atoms with E-state index in [4.69, 9.17) is 10.5 Å². The normalized spacial score (nSPS) is 11.7. The van der Waals surface area contributed by atoms with E-state index in [2.05, 4.69) is 25.9 Å². The van der Waals surface area contributed by atoms with Crippen molar-refractivity contribution in [1.82, 2.24) is 20.9 Å². The van der Waals surface area contributed by atoms with Crippen LogP contribution in [0.15, 0.2) is 34.4 Å². The summed E-state index contributed by atoms with van der Waals surface area (Å²) in [6.07, 6.45) is 10.5. The van der Waals surface area contributed by atoms with E-state index in [-0.39, 0.29) is 23.6 Å². The molecular formula is C28H46N6O5S4. The minimum atomic E-state index is -0.563. The molecule has 1 aromatic rings. The lowest BCUT2D eigenvalue weighted by Crippen LogP contribution is -2.35. The van der Waals surface area contributed by atoms with Gasteiger partial charge in [0, 0.05) is 62.4 Å². The molecule has 0 aliphatic rings. The van der Waals surface area contributed by atoms with Crippen LogP contribution in [-0.2, 0) is 23.9 Å². The standard InChI is InChI=1S/C28H46N6O5S4/c1-39-22-34-23(28(38)33-18-7-4-2-3-5-11-24(29)35)21-42-40-19-13-25(36)30-15-9-10-16-31-26(37)14-20-41-43-27-12-6-8-17-32-27/h6,8,12,17,22-23H,2-5,7,9-11,13-16,18-21H2,1H3,(H2,29,35)(H,30,36)(H,31,37)(H,33,38). The van der Waals surface area contributed by atoms with E-state index in [1.54, 1.807) is 27.8 Å². The zero-order valence-electron chi connectivity index (χ0n) is 24.9. The molecule has 1 heterocycles. The van der Waals surface area contributed by atoms with Crippen LogP contribution >= 0.6 is 43.2 Å². The number of carbonyl (C=O) groups excluding carboxylic acids is 4. The molecule has 242 valence electrons. The molecular weight excluding hydrogens is 629 g/mol. The van der Waals surface area contributed by atoms with Crippen molar-refractivity contribution < 1.29 is 23.9 Å². The summed E-state index contributed by atoms with van der Waals surface area (Å²) >= 11 is 0. The van der Waals surface area contributed by atoms with Gasteiger partial charge in [0.2, 0.25) is 23.6 Å². The zero-order chi connectivity index (χ0) is 31.4. The first kappa shape index (κ1) is 38.9. The van der Waals surface area contributed by atoms with E-state index in [1.807, 2.05) is 18.2 Å². The van der Waals surface area contributed by atoms with Gasteiger partial charge in [-0.2, -0.15) is 0 Å². The molecule has 5 N–H and O–H groups in total. The van der Waals surface area contributed by atoms with Gasteiger partial charge in [0.1, 0.15) is 11.1 Å². The second kappa shape index (κ2) is 27.4. The summed E-state index contributed by atoms with van der Waals surface area (Å²) < 4.78 is 4.89. The van der Waals surface area contributed by atoms with Gasteiger partial charge in [0.25, 0.3) is 0 Å². The fourth-order valence-electron chi connectivity index (χ4n) is 3.43. The predicted molar refractivity (Wildman–Crippen MR) is 181 cm³/mol. The van der Waals surface area contributed by atoms with Crippen molar-refractivity contribution in [2.75, 3.05) is 44.0 Å². The molecule has 11 nitrogen and oxygen atoms in total. The lowest BCUT2D eigenvalue weighted by molar-refractivity contribution is -0.122. The maximum atomic E-state index is 12.5. The summed E-state index contributed by atoms with van der Waals surface area (Å²) in [5, 5.41) is 9.69. The van der Waals surface area contributed by atoms with Gasteiger partial charge < -0.3 is 26.4 Å². The average molecular weight is 675 g/mol. The van der Waals surface area contributed by atoms with Gasteiger partial charge in [0.15, 0.2) is 6.40 Å². The molecule has 15 heteroatoms. The summed E-state index contributed by atoms with van der Waals surface area (Å²) in [4.78, 5) is 55.7. The maximum Gasteiger partial charge on any atom is 0.245 e. The largest absolute Gasteiger partial charge is 0.487 e. The summed E-state index contributed by atoms with van der Waals surface area (Å²) in [5.74, 6) is 1.42. The van der Waals surface area contributed by atoms with Crippen LogP contribution in [0.3, 0.4) is 0 Å². The lowest BCUT2D eigenvalue weighted by Gasteiger charge is -2.12. The smallest absolute Gasteiger partial charge is 0.245 e. The second-order valence-corrected chi connectivity index (χ2v) is 14.4. The Morgan fingerprint density at radius 1 is 0.860 bits per heavy atom. The highest BCUT2D eigenvalue weighted by atomic mass is 33.1. The minimum Gasteiger partial charge on any atom is -0.487 e. The van der Waals surface area contributed by atoms with Gasteiger partial charge in [-0.15, -0.1) is 0 Å². The number of nitrogens with zero attached hydrogens (tertiary/aromatic N) is 2. The summed E-state index contributed by atoms with van der Waals surface area (Å²) in [7, 11) is 7.70. The van der Waals surface area contributed by atoms with Crippen molar-refractivity contribution in [3.8, 4) is 0 Å². The Morgan fingerprint density at radius 3 is 2.14 bits per heavy atom. The third kappa shape index (κ3) is 24.0. The molecule has 0 radical (unpaired) electrons. The first-order valence-electron chi connectivity index (χ1n) is 14.5. The molecule has 0 fully saturated rings. The Hall–Kier alpha value is -2.10. The van der Waals surface area contributed by atoms with Gasteiger partial charge in [-0.1, -0.05) is 57.7 Å². The Labute approximate surface area is 271 Å². The molecule has 0 saturated carbocycles. The van der Waals surface area contributed by atoms with Crippen molar-refractivity contribution in [2.24, 2.45) is 10.7 Å². The molecule has 0 bridgehead atoms. The van der Waals surface area contributed by atoms with Crippen molar-refractivity contribution in [2.45, 2.75) is 75.3 Å². The molecule has 0 aromatic carbocycles. The van der Waals surface area contributed by atoms with Crippen LogP contribution in [0.4, 0.5) is 0 Å².